The van der Waals surface area contributed by atoms with Crippen molar-refractivity contribution >= 4 is 43.5 Å². The van der Waals surface area contributed by atoms with Crippen LogP contribution in [0.3, 0.4) is 0 Å². The average Bonchev–Trinajstić information content (AvgIpc) is 3.56. The average molecular weight is 650 g/mol. The third-order valence-electron chi connectivity index (χ3n) is 9.97. The molecule has 10 rings (SSSR count). The molecule has 51 heavy (non-hydrogen) atoms. The van der Waals surface area contributed by atoms with Crippen molar-refractivity contribution in [3.63, 3.8) is 0 Å². The van der Waals surface area contributed by atoms with Gasteiger partial charge in [0.2, 0.25) is 0 Å². The summed E-state index contributed by atoms with van der Waals surface area (Å²) in [6, 6.07) is 66.6. The third-order valence-corrected chi connectivity index (χ3v) is 9.97. The molecule has 0 amide bonds. The maximum atomic E-state index is 5.20. The molecular weight excluding hydrogens is 619 g/mol. The van der Waals surface area contributed by atoms with Crippen LogP contribution in [0.2, 0.25) is 0 Å². The van der Waals surface area contributed by atoms with Crippen LogP contribution in [-0.4, -0.2) is 14.5 Å². The lowest BCUT2D eigenvalue weighted by atomic mass is 9.96. The Morgan fingerprint density at radius 1 is 0.333 bits per heavy atom. The zero-order valence-corrected chi connectivity index (χ0v) is 27.7. The van der Waals surface area contributed by atoms with E-state index in [4.69, 9.17) is 9.97 Å². The lowest BCUT2D eigenvalue weighted by molar-refractivity contribution is 1.18. The summed E-state index contributed by atoms with van der Waals surface area (Å²) in [6.45, 7) is 0. The molecule has 238 valence electrons. The summed E-state index contributed by atoms with van der Waals surface area (Å²) in [7, 11) is 0. The van der Waals surface area contributed by atoms with Gasteiger partial charge in [-0.3, -0.25) is 0 Å². The molecule has 7 aromatic carbocycles. The number of pyridine rings is 2. The van der Waals surface area contributed by atoms with Crippen molar-refractivity contribution in [2.75, 3.05) is 0 Å². The molecule has 0 bridgehead atoms. The van der Waals surface area contributed by atoms with Gasteiger partial charge < -0.3 is 4.57 Å². The molecule has 0 N–H and O–H groups in total. The minimum atomic E-state index is 0.960. The molecule has 0 radical (unpaired) electrons. The van der Waals surface area contributed by atoms with Gasteiger partial charge in [-0.2, -0.15) is 0 Å². The second-order valence-corrected chi connectivity index (χ2v) is 13.0. The van der Waals surface area contributed by atoms with Crippen molar-refractivity contribution in [2.45, 2.75) is 0 Å². The van der Waals surface area contributed by atoms with Crippen molar-refractivity contribution in [3.05, 3.63) is 188 Å². The van der Waals surface area contributed by atoms with Gasteiger partial charge in [0, 0.05) is 49.3 Å². The molecule has 3 nitrogen and oxygen atoms in total. The Kier molecular flexibility index (Phi) is 6.81. The van der Waals surface area contributed by atoms with Gasteiger partial charge in [0.05, 0.1) is 33.6 Å². The van der Waals surface area contributed by atoms with Gasteiger partial charge in [0.15, 0.2) is 0 Å². The van der Waals surface area contributed by atoms with Gasteiger partial charge >= 0.3 is 0 Å². The summed E-state index contributed by atoms with van der Waals surface area (Å²) >= 11 is 0. The lowest BCUT2D eigenvalue weighted by Gasteiger charge is -2.13. The number of fused-ring (bicyclic) bond motifs is 7. The van der Waals surface area contributed by atoms with E-state index in [0.29, 0.717) is 0 Å². The lowest BCUT2D eigenvalue weighted by Crippen LogP contribution is -1.95. The highest BCUT2D eigenvalue weighted by Crippen LogP contribution is 2.42. The zero-order chi connectivity index (χ0) is 33.7. The van der Waals surface area contributed by atoms with Gasteiger partial charge in [-0.15, -0.1) is 0 Å². The van der Waals surface area contributed by atoms with Crippen molar-refractivity contribution in [2.24, 2.45) is 0 Å². The van der Waals surface area contributed by atoms with Crippen LogP contribution in [0, 0.1) is 0 Å². The van der Waals surface area contributed by atoms with E-state index in [0.717, 1.165) is 66.9 Å². The highest BCUT2D eigenvalue weighted by Gasteiger charge is 2.19. The maximum absolute atomic E-state index is 5.20. The van der Waals surface area contributed by atoms with E-state index in [9.17, 15) is 0 Å². The van der Waals surface area contributed by atoms with Crippen molar-refractivity contribution in [1.29, 1.82) is 0 Å². The molecule has 0 unspecified atom stereocenters. The van der Waals surface area contributed by atoms with E-state index >= 15 is 0 Å². The summed E-state index contributed by atoms with van der Waals surface area (Å²) in [5.41, 5.74) is 13.0. The van der Waals surface area contributed by atoms with Crippen LogP contribution in [0.25, 0.3) is 94.1 Å². The normalized spacial score (nSPS) is 11.5. The summed E-state index contributed by atoms with van der Waals surface area (Å²) in [5.74, 6) is 0. The first kappa shape index (κ1) is 29.1. The van der Waals surface area contributed by atoms with Crippen LogP contribution < -0.4 is 0 Å². The van der Waals surface area contributed by atoms with Crippen LogP contribution in [0.5, 0.6) is 0 Å². The molecule has 0 saturated carbocycles. The molecule has 0 atom stereocenters. The van der Waals surface area contributed by atoms with E-state index < -0.39 is 0 Å². The fourth-order valence-electron chi connectivity index (χ4n) is 7.61. The number of aromatic nitrogens is 3. The van der Waals surface area contributed by atoms with Crippen LogP contribution in [0.15, 0.2) is 188 Å². The van der Waals surface area contributed by atoms with Gasteiger partial charge in [0.1, 0.15) is 0 Å². The minimum Gasteiger partial charge on any atom is -0.309 e. The van der Waals surface area contributed by atoms with Crippen LogP contribution >= 0.6 is 0 Å². The Balaban J connectivity index is 1.17. The summed E-state index contributed by atoms with van der Waals surface area (Å²) in [4.78, 5) is 10.3. The molecule has 3 heterocycles. The van der Waals surface area contributed by atoms with Crippen molar-refractivity contribution in [1.82, 2.24) is 14.5 Å². The molecule has 10 aromatic rings. The molecule has 0 aliphatic rings. The predicted octanol–water partition coefficient (Wildman–Crippen LogP) is 12.5. The minimum absolute atomic E-state index is 0.960. The molecule has 0 spiro atoms. The molecule has 0 aliphatic carbocycles. The Morgan fingerprint density at radius 2 is 0.902 bits per heavy atom. The number of hydrogen-bond donors (Lipinski definition) is 0. The number of para-hydroxylation sites is 2. The smallest absolute Gasteiger partial charge is 0.0788 e. The zero-order valence-electron chi connectivity index (χ0n) is 27.7. The number of rotatable bonds is 5. The largest absolute Gasteiger partial charge is 0.309 e. The first-order valence-corrected chi connectivity index (χ1v) is 17.3. The van der Waals surface area contributed by atoms with Crippen LogP contribution in [0.1, 0.15) is 0 Å². The standard InChI is InChI=1S/C48H31N3/c1-4-14-33(15-5-1)42-30-36(31-43(49-42)34-16-6-2-7-17-34)32-24-26-37(27-25-32)51-44-23-13-11-21-39(44)47-45(51)29-28-40-46(47)38-20-10-12-22-41(38)50-48(40)35-18-8-3-9-19-35/h1-31H. The van der Waals surface area contributed by atoms with E-state index in [1.54, 1.807) is 0 Å². The second kappa shape index (κ2) is 11.9. The highest BCUT2D eigenvalue weighted by molar-refractivity contribution is 6.29. The van der Waals surface area contributed by atoms with Crippen LogP contribution in [0.4, 0.5) is 0 Å². The van der Waals surface area contributed by atoms with Gasteiger partial charge in [-0.1, -0.05) is 146 Å². The molecule has 0 saturated heterocycles. The molecule has 0 aliphatic heterocycles. The van der Waals surface area contributed by atoms with E-state index in [1.807, 2.05) is 12.1 Å². The predicted molar refractivity (Wildman–Crippen MR) is 213 cm³/mol. The maximum Gasteiger partial charge on any atom is 0.0788 e. The fraction of sp³-hybridized carbons (Fsp3) is 0. The van der Waals surface area contributed by atoms with Gasteiger partial charge in [-0.05, 0) is 53.6 Å². The molecule has 3 aromatic heterocycles. The monoisotopic (exact) mass is 649 g/mol. The van der Waals surface area contributed by atoms with Gasteiger partial charge in [0.25, 0.3) is 0 Å². The molecule has 3 heteroatoms. The molecule has 0 fully saturated rings. The Morgan fingerprint density at radius 3 is 1.57 bits per heavy atom. The summed E-state index contributed by atoms with van der Waals surface area (Å²) in [6.07, 6.45) is 0. The first-order valence-electron chi connectivity index (χ1n) is 17.3. The quantitative estimate of drug-likeness (QED) is 0.174. The topological polar surface area (TPSA) is 30.7 Å². The Bertz CT molecular complexity index is 2820. The summed E-state index contributed by atoms with van der Waals surface area (Å²) in [5, 5.41) is 6.04. The van der Waals surface area contributed by atoms with E-state index in [-0.39, 0.29) is 0 Å². The molecular formula is C48H31N3. The third kappa shape index (κ3) is 4.90. The first-order chi connectivity index (χ1) is 25.3. The van der Waals surface area contributed by atoms with Gasteiger partial charge in [-0.25, -0.2) is 9.97 Å². The number of nitrogens with zero attached hydrogens (tertiary/aromatic N) is 3. The number of benzene rings is 7. The number of hydrogen-bond acceptors (Lipinski definition) is 2. The fourth-order valence-corrected chi connectivity index (χ4v) is 7.61. The van der Waals surface area contributed by atoms with E-state index in [1.165, 1.54) is 27.2 Å². The summed E-state index contributed by atoms with van der Waals surface area (Å²) < 4.78 is 2.41. The van der Waals surface area contributed by atoms with Crippen molar-refractivity contribution in [3.8, 4) is 50.6 Å². The van der Waals surface area contributed by atoms with Crippen molar-refractivity contribution < 1.29 is 0 Å². The SMILES string of the molecule is c1ccc(-c2cc(-c3ccc(-n4c5ccccc5c5c6c(ccc54)c(-c4ccccc4)nc4ccccc46)cc3)cc(-c3ccccc3)n2)cc1. The highest BCUT2D eigenvalue weighted by atomic mass is 15.0. The second-order valence-electron chi connectivity index (χ2n) is 13.0. The Hall–Kier alpha value is -6.84. The van der Waals surface area contributed by atoms with E-state index in [2.05, 4.69) is 180 Å². The van der Waals surface area contributed by atoms with Crippen LogP contribution in [-0.2, 0) is 0 Å². The Labute approximate surface area is 295 Å².